The smallest absolute Gasteiger partial charge is 0.207 e. The molecule has 4 heteroatoms. The topological polar surface area (TPSA) is 46.9 Å². The van der Waals surface area contributed by atoms with Gasteiger partial charge in [-0.25, -0.2) is 4.68 Å². The van der Waals surface area contributed by atoms with Crippen molar-refractivity contribution < 1.29 is 4.79 Å². The minimum absolute atomic E-state index is 0.115. The minimum atomic E-state index is 0.115. The molecule has 92 valence electrons. The van der Waals surface area contributed by atoms with E-state index in [1.807, 2.05) is 41.2 Å². The number of hydrogen-bond acceptors (Lipinski definition) is 2. The van der Waals surface area contributed by atoms with Gasteiger partial charge in [-0.1, -0.05) is 18.2 Å². The molecule has 3 rings (SSSR count). The molecule has 1 amide bonds. The number of hydrogen-bond donors (Lipinski definition) is 1. The predicted octanol–water partition coefficient (Wildman–Crippen LogP) is 2.00. The molecule has 0 fully saturated rings. The number of carbonyl (C=O) groups excluding carboxylic acids is 1. The fraction of sp³-hybridized carbons (Fsp3) is 0.286. The lowest BCUT2D eigenvalue weighted by Crippen LogP contribution is -2.23. The summed E-state index contributed by atoms with van der Waals surface area (Å²) in [5.74, 6) is 0. The number of amides is 1. The van der Waals surface area contributed by atoms with Gasteiger partial charge >= 0.3 is 0 Å². The van der Waals surface area contributed by atoms with Crippen LogP contribution in [0.15, 0.2) is 36.5 Å². The van der Waals surface area contributed by atoms with Crippen LogP contribution in [0.25, 0.3) is 5.69 Å². The molecule has 18 heavy (non-hydrogen) atoms. The number of nitrogens with zero attached hydrogens (tertiary/aromatic N) is 2. The fourth-order valence-electron chi connectivity index (χ4n) is 2.60. The second kappa shape index (κ2) is 4.64. The van der Waals surface area contributed by atoms with Crippen LogP contribution in [-0.4, -0.2) is 16.2 Å². The zero-order valence-electron chi connectivity index (χ0n) is 10.0. The van der Waals surface area contributed by atoms with E-state index in [4.69, 9.17) is 0 Å². The molecule has 0 bridgehead atoms. The Bertz CT molecular complexity index is 547. The van der Waals surface area contributed by atoms with Crippen molar-refractivity contribution in [1.29, 1.82) is 0 Å². The summed E-state index contributed by atoms with van der Waals surface area (Å²) in [6.45, 7) is 0. The Labute approximate surface area is 106 Å². The second-order valence-electron chi connectivity index (χ2n) is 4.52. The largest absolute Gasteiger partial charge is 0.352 e. The summed E-state index contributed by atoms with van der Waals surface area (Å²) in [4.78, 5) is 10.6. The summed E-state index contributed by atoms with van der Waals surface area (Å²) in [5, 5.41) is 7.33. The molecule has 1 N–H and O–H groups in total. The highest BCUT2D eigenvalue weighted by molar-refractivity contribution is 5.48. The quantitative estimate of drug-likeness (QED) is 0.835. The molecule has 1 aliphatic rings. The Balaban J connectivity index is 2.02. The summed E-state index contributed by atoms with van der Waals surface area (Å²) in [7, 11) is 0. The van der Waals surface area contributed by atoms with Crippen LogP contribution in [0.1, 0.15) is 30.1 Å². The SMILES string of the molecule is O=CNC1CCCc2c1cnn2-c1ccccc1. The predicted molar refractivity (Wildman–Crippen MR) is 68.4 cm³/mol. The summed E-state index contributed by atoms with van der Waals surface area (Å²) >= 11 is 0. The van der Waals surface area contributed by atoms with E-state index in [9.17, 15) is 4.79 Å². The van der Waals surface area contributed by atoms with E-state index in [-0.39, 0.29) is 6.04 Å². The minimum Gasteiger partial charge on any atom is -0.352 e. The van der Waals surface area contributed by atoms with Crippen molar-refractivity contribution in [3.05, 3.63) is 47.8 Å². The van der Waals surface area contributed by atoms with Gasteiger partial charge in [-0.15, -0.1) is 0 Å². The molecular formula is C14H15N3O. The van der Waals surface area contributed by atoms with Gasteiger partial charge in [0, 0.05) is 11.3 Å². The van der Waals surface area contributed by atoms with E-state index in [2.05, 4.69) is 10.4 Å². The molecule has 1 aliphatic carbocycles. The fourth-order valence-corrected chi connectivity index (χ4v) is 2.60. The third-order valence-electron chi connectivity index (χ3n) is 3.45. The van der Waals surface area contributed by atoms with E-state index >= 15 is 0 Å². The molecule has 0 radical (unpaired) electrons. The van der Waals surface area contributed by atoms with E-state index < -0.39 is 0 Å². The van der Waals surface area contributed by atoms with Crippen LogP contribution in [0.4, 0.5) is 0 Å². The van der Waals surface area contributed by atoms with E-state index in [0.29, 0.717) is 0 Å². The molecule has 1 atom stereocenters. The summed E-state index contributed by atoms with van der Waals surface area (Å²) in [6.07, 6.45) is 5.74. The Morgan fingerprint density at radius 3 is 2.94 bits per heavy atom. The van der Waals surface area contributed by atoms with Crippen molar-refractivity contribution >= 4 is 6.41 Å². The Hall–Kier alpha value is -2.10. The first-order valence-corrected chi connectivity index (χ1v) is 6.22. The molecule has 0 saturated heterocycles. The number of fused-ring (bicyclic) bond motifs is 1. The Morgan fingerprint density at radius 1 is 1.33 bits per heavy atom. The van der Waals surface area contributed by atoms with Gasteiger partial charge < -0.3 is 5.32 Å². The molecule has 0 spiro atoms. The molecule has 1 unspecified atom stereocenters. The lowest BCUT2D eigenvalue weighted by Gasteiger charge is -2.22. The standard InChI is InChI=1S/C14H15N3O/c18-10-15-13-7-4-8-14-12(13)9-16-17(14)11-5-2-1-3-6-11/h1-3,5-6,9-10,13H,4,7-8H2,(H,15,18). The summed E-state index contributed by atoms with van der Waals surface area (Å²) < 4.78 is 1.98. The molecule has 1 aromatic carbocycles. The van der Waals surface area contributed by atoms with Crippen molar-refractivity contribution in [3.8, 4) is 5.69 Å². The summed E-state index contributed by atoms with van der Waals surface area (Å²) in [6, 6.07) is 10.2. The monoisotopic (exact) mass is 241 g/mol. The highest BCUT2D eigenvalue weighted by Gasteiger charge is 2.24. The number of carbonyl (C=O) groups is 1. The average molecular weight is 241 g/mol. The van der Waals surface area contributed by atoms with E-state index in [0.717, 1.165) is 36.9 Å². The molecule has 0 saturated carbocycles. The maximum atomic E-state index is 10.6. The highest BCUT2D eigenvalue weighted by Crippen LogP contribution is 2.30. The Kier molecular flexibility index (Phi) is 2.84. The van der Waals surface area contributed by atoms with Crippen LogP contribution in [-0.2, 0) is 11.2 Å². The molecular weight excluding hydrogens is 226 g/mol. The lowest BCUT2D eigenvalue weighted by atomic mass is 9.93. The van der Waals surface area contributed by atoms with Gasteiger partial charge in [-0.2, -0.15) is 5.10 Å². The number of rotatable bonds is 3. The highest BCUT2D eigenvalue weighted by atomic mass is 16.1. The zero-order valence-corrected chi connectivity index (χ0v) is 10.0. The number of para-hydroxylation sites is 1. The van der Waals surface area contributed by atoms with Gasteiger partial charge in [0.1, 0.15) is 0 Å². The number of nitrogens with one attached hydrogen (secondary N) is 1. The van der Waals surface area contributed by atoms with Crippen molar-refractivity contribution in [2.24, 2.45) is 0 Å². The normalized spacial score (nSPS) is 18.1. The van der Waals surface area contributed by atoms with Gasteiger partial charge in [0.25, 0.3) is 0 Å². The first kappa shape index (κ1) is 11.0. The molecule has 4 nitrogen and oxygen atoms in total. The lowest BCUT2D eigenvalue weighted by molar-refractivity contribution is -0.110. The van der Waals surface area contributed by atoms with Crippen LogP contribution in [0, 0.1) is 0 Å². The molecule has 1 heterocycles. The number of benzene rings is 1. The molecule has 2 aromatic rings. The first-order chi connectivity index (χ1) is 8.90. The maximum absolute atomic E-state index is 10.6. The van der Waals surface area contributed by atoms with Crippen LogP contribution >= 0.6 is 0 Å². The molecule has 0 aliphatic heterocycles. The van der Waals surface area contributed by atoms with Gasteiger partial charge in [0.15, 0.2) is 0 Å². The van der Waals surface area contributed by atoms with E-state index in [1.165, 1.54) is 5.69 Å². The summed E-state index contributed by atoms with van der Waals surface area (Å²) in [5.41, 5.74) is 3.44. The van der Waals surface area contributed by atoms with Gasteiger partial charge in [0.05, 0.1) is 17.9 Å². The second-order valence-corrected chi connectivity index (χ2v) is 4.52. The number of aromatic nitrogens is 2. The maximum Gasteiger partial charge on any atom is 0.207 e. The third-order valence-corrected chi connectivity index (χ3v) is 3.45. The Morgan fingerprint density at radius 2 is 2.17 bits per heavy atom. The third kappa shape index (κ3) is 1.79. The van der Waals surface area contributed by atoms with Crippen LogP contribution in [0.5, 0.6) is 0 Å². The van der Waals surface area contributed by atoms with E-state index in [1.54, 1.807) is 0 Å². The first-order valence-electron chi connectivity index (χ1n) is 6.22. The van der Waals surface area contributed by atoms with Crippen molar-refractivity contribution in [2.45, 2.75) is 25.3 Å². The van der Waals surface area contributed by atoms with Gasteiger partial charge in [-0.05, 0) is 31.4 Å². The van der Waals surface area contributed by atoms with Crippen molar-refractivity contribution in [2.75, 3.05) is 0 Å². The van der Waals surface area contributed by atoms with Gasteiger partial charge in [0.2, 0.25) is 6.41 Å². The average Bonchev–Trinajstić information content (AvgIpc) is 2.85. The van der Waals surface area contributed by atoms with Crippen molar-refractivity contribution in [3.63, 3.8) is 0 Å². The van der Waals surface area contributed by atoms with Crippen molar-refractivity contribution in [1.82, 2.24) is 15.1 Å². The van der Waals surface area contributed by atoms with Crippen LogP contribution < -0.4 is 5.32 Å². The molecule has 1 aromatic heterocycles. The zero-order chi connectivity index (χ0) is 12.4. The van der Waals surface area contributed by atoms with Crippen LogP contribution in [0.3, 0.4) is 0 Å². The van der Waals surface area contributed by atoms with Gasteiger partial charge in [-0.3, -0.25) is 4.79 Å². The van der Waals surface area contributed by atoms with Crippen LogP contribution in [0.2, 0.25) is 0 Å².